The summed E-state index contributed by atoms with van der Waals surface area (Å²) in [7, 11) is 0. The van der Waals surface area contributed by atoms with Gasteiger partial charge in [0.15, 0.2) is 5.78 Å². The van der Waals surface area contributed by atoms with E-state index in [1.165, 1.54) is 36.8 Å². The molecule has 17 heavy (non-hydrogen) atoms. The molecule has 0 saturated carbocycles. The molecule has 1 aliphatic rings. The van der Waals surface area contributed by atoms with Crippen LogP contribution < -0.4 is 0 Å². The fraction of sp³-hybridized carbons (Fsp3) is 0.688. The Labute approximate surface area is 106 Å². The monoisotopic (exact) mass is 234 g/mol. The van der Waals surface area contributed by atoms with Crippen LogP contribution in [0.25, 0.3) is 0 Å². The molecule has 0 aromatic carbocycles. The van der Waals surface area contributed by atoms with Crippen LogP contribution in [0, 0.1) is 0 Å². The highest BCUT2D eigenvalue weighted by Crippen LogP contribution is 2.32. The summed E-state index contributed by atoms with van der Waals surface area (Å²) in [5, 5.41) is 0. The van der Waals surface area contributed by atoms with Crippen molar-refractivity contribution in [3.63, 3.8) is 0 Å². The summed E-state index contributed by atoms with van der Waals surface area (Å²) in [6.07, 6.45) is 11.5. The SMILES string of the molecule is CCCCCC/C=C1\CC(=O)C(C)=C1CCC. The van der Waals surface area contributed by atoms with Crippen LogP contribution in [0.3, 0.4) is 0 Å². The van der Waals surface area contributed by atoms with Crippen molar-refractivity contribution in [1.29, 1.82) is 0 Å². The minimum Gasteiger partial charge on any atom is -0.294 e. The lowest BCUT2D eigenvalue weighted by Crippen LogP contribution is -1.90. The van der Waals surface area contributed by atoms with Gasteiger partial charge in [0.1, 0.15) is 0 Å². The third kappa shape index (κ3) is 4.14. The van der Waals surface area contributed by atoms with Crippen molar-refractivity contribution in [2.24, 2.45) is 0 Å². The maximum absolute atomic E-state index is 11.7. The Balaban J connectivity index is 2.52. The third-order valence-corrected chi connectivity index (χ3v) is 3.56. The Morgan fingerprint density at radius 2 is 1.88 bits per heavy atom. The van der Waals surface area contributed by atoms with Crippen LogP contribution in [0.1, 0.15) is 72.1 Å². The first-order valence-corrected chi connectivity index (χ1v) is 7.13. The number of allylic oxidation sites excluding steroid dienone is 4. The molecule has 1 heteroatoms. The predicted molar refractivity (Wildman–Crippen MR) is 74.1 cm³/mol. The van der Waals surface area contributed by atoms with Crippen LogP contribution >= 0.6 is 0 Å². The summed E-state index contributed by atoms with van der Waals surface area (Å²) in [5.41, 5.74) is 3.69. The third-order valence-electron chi connectivity index (χ3n) is 3.56. The lowest BCUT2D eigenvalue weighted by molar-refractivity contribution is -0.114. The van der Waals surface area contributed by atoms with Crippen molar-refractivity contribution in [2.75, 3.05) is 0 Å². The fourth-order valence-electron chi connectivity index (χ4n) is 2.46. The van der Waals surface area contributed by atoms with Crippen molar-refractivity contribution < 1.29 is 4.79 Å². The van der Waals surface area contributed by atoms with Gasteiger partial charge in [0, 0.05) is 6.42 Å². The van der Waals surface area contributed by atoms with Gasteiger partial charge in [-0.1, -0.05) is 45.6 Å². The molecule has 1 aliphatic carbocycles. The zero-order valence-electron chi connectivity index (χ0n) is 11.6. The zero-order chi connectivity index (χ0) is 12.7. The van der Waals surface area contributed by atoms with E-state index in [1.807, 2.05) is 6.92 Å². The summed E-state index contributed by atoms with van der Waals surface area (Å²) in [4.78, 5) is 11.7. The molecule has 0 heterocycles. The van der Waals surface area contributed by atoms with E-state index >= 15 is 0 Å². The van der Waals surface area contributed by atoms with Crippen LogP contribution in [0.2, 0.25) is 0 Å². The largest absolute Gasteiger partial charge is 0.294 e. The average Bonchev–Trinajstić information content (AvgIpc) is 2.57. The second-order valence-electron chi connectivity index (χ2n) is 5.03. The molecule has 0 radical (unpaired) electrons. The van der Waals surface area contributed by atoms with E-state index in [-0.39, 0.29) is 0 Å². The Morgan fingerprint density at radius 3 is 2.53 bits per heavy atom. The van der Waals surface area contributed by atoms with Crippen LogP contribution in [0.15, 0.2) is 22.8 Å². The summed E-state index contributed by atoms with van der Waals surface area (Å²) in [6, 6.07) is 0. The number of carbonyl (C=O) groups is 1. The van der Waals surface area contributed by atoms with Crippen LogP contribution in [0.4, 0.5) is 0 Å². The maximum Gasteiger partial charge on any atom is 0.163 e. The van der Waals surface area contributed by atoms with Crippen molar-refractivity contribution in [1.82, 2.24) is 0 Å². The van der Waals surface area contributed by atoms with Gasteiger partial charge in [0.05, 0.1) is 0 Å². The number of rotatable bonds is 7. The number of ketones is 1. The van der Waals surface area contributed by atoms with Crippen molar-refractivity contribution in [2.45, 2.75) is 72.1 Å². The predicted octanol–water partition coefficient (Wildman–Crippen LogP) is 4.97. The van der Waals surface area contributed by atoms with E-state index < -0.39 is 0 Å². The molecule has 0 fully saturated rings. The van der Waals surface area contributed by atoms with Gasteiger partial charge in [-0.3, -0.25) is 4.79 Å². The fourth-order valence-corrected chi connectivity index (χ4v) is 2.46. The van der Waals surface area contributed by atoms with Crippen molar-refractivity contribution in [3.05, 3.63) is 22.8 Å². The molecule has 0 bridgehead atoms. The van der Waals surface area contributed by atoms with Gasteiger partial charge < -0.3 is 0 Å². The molecule has 0 aliphatic heterocycles. The number of carbonyl (C=O) groups excluding carboxylic acids is 1. The molecule has 0 N–H and O–H groups in total. The highest BCUT2D eigenvalue weighted by Gasteiger charge is 2.22. The van der Waals surface area contributed by atoms with Gasteiger partial charge in [-0.25, -0.2) is 0 Å². The second-order valence-corrected chi connectivity index (χ2v) is 5.03. The van der Waals surface area contributed by atoms with Gasteiger partial charge in [0.25, 0.3) is 0 Å². The van der Waals surface area contributed by atoms with Crippen molar-refractivity contribution in [3.8, 4) is 0 Å². The van der Waals surface area contributed by atoms with Gasteiger partial charge in [-0.2, -0.15) is 0 Å². The quantitative estimate of drug-likeness (QED) is 0.568. The standard InChI is InChI=1S/C16H26O/c1-4-6-7-8-9-11-14-12-16(17)13(3)15(14)10-5-2/h11H,4-10,12H2,1-3H3/b14-11+. The molecule has 0 aromatic heterocycles. The first-order chi connectivity index (χ1) is 8.20. The first kappa shape index (κ1) is 14.2. The molecule has 1 nitrogen and oxygen atoms in total. The van der Waals surface area contributed by atoms with Crippen molar-refractivity contribution >= 4 is 5.78 Å². The average molecular weight is 234 g/mol. The molecular weight excluding hydrogens is 208 g/mol. The van der Waals surface area contributed by atoms with E-state index in [0.717, 1.165) is 24.8 Å². The molecule has 0 aromatic rings. The Hall–Kier alpha value is -0.850. The Bertz CT molecular complexity index is 320. The molecular formula is C16H26O. The summed E-state index contributed by atoms with van der Waals surface area (Å²) in [6.45, 7) is 6.41. The van der Waals surface area contributed by atoms with Crippen LogP contribution in [-0.2, 0) is 4.79 Å². The second kappa shape index (κ2) is 7.47. The van der Waals surface area contributed by atoms with Gasteiger partial charge >= 0.3 is 0 Å². The van der Waals surface area contributed by atoms with E-state index in [4.69, 9.17) is 0 Å². The molecule has 0 saturated heterocycles. The zero-order valence-corrected chi connectivity index (χ0v) is 11.6. The van der Waals surface area contributed by atoms with E-state index in [1.54, 1.807) is 0 Å². The lowest BCUT2D eigenvalue weighted by atomic mass is 10.0. The molecule has 0 amide bonds. The minimum atomic E-state index is 0.341. The highest BCUT2D eigenvalue weighted by molar-refractivity contribution is 6.02. The van der Waals surface area contributed by atoms with Gasteiger partial charge in [-0.15, -0.1) is 0 Å². The molecule has 0 unspecified atom stereocenters. The minimum absolute atomic E-state index is 0.341. The molecule has 0 spiro atoms. The first-order valence-electron chi connectivity index (χ1n) is 7.13. The molecule has 1 rings (SSSR count). The van der Waals surface area contributed by atoms with Gasteiger partial charge in [0.2, 0.25) is 0 Å². The van der Waals surface area contributed by atoms with Gasteiger partial charge in [-0.05, 0) is 42.9 Å². The molecule has 0 atom stereocenters. The smallest absolute Gasteiger partial charge is 0.163 e. The number of unbranched alkanes of at least 4 members (excludes halogenated alkanes) is 4. The highest BCUT2D eigenvalue weighted by atomic mass is 16.1. The van der Waals surface area contributed by atoms with E-state index in [0.29, 0.717) is 12.2 Å². The normalized spacial score (nSPS) is 18.5. The number of hydrogen-bond donors (Lipinski definition) is 0. The lowest BCUT2D eigenvalue weighted by Gasteiger charge is -2.04. The van der Waals surface area contributed by atoms with E-state index in [9.17, 15) is 4.79 Å². The topological polar surface area (TPSA) is 17.1 Å². The Morgan fingerprint density at radius 1 is 1.12 bits per heavy atom. The summed E-state index contributed by atoms with van der Waals surface area (Å²) >= 11 is 0. The van der Waals surface area contributed by atoms with Crippen LogP contribution in [0.5, 0.6) is 0 Å². The number of Topliss-reactive ketones (excluding diaryl/α,β-unsaturated/α-hetero) is 1. The number of hydrogen-bond acceptors (Lipinski definition) is 1. The maximum atomic E-state index is 11.7. The van der Waals surface area contributed by atoms with Crippen LogP contribution in [-0.4, -0.2) is 5.78 Å². The summed E-state index contributed by atoms with van der Waals surface area (Å²) in [5.74, 6) is 0.341. The Kier molecular flexibility index (Phi) is 6.25. The van der Waals surface area contributed by atoms with E-state index in [2.05, 4.69) is 19.9 Å². The summed E-state index contributed by atoms with van der Waals surface area (Å²) < 4.78 is 0. The molecule has 96 valence electrons.